The van der Waals surface area contributed by atoms with Crippen LogP contribution in [0.5, 0.6) is 17.2 Å². The van der Waals surface area contributed by atoms with E-state index in [2.05, 4.69) is 0 Å². The van der Waals surface area contributed by atoms with Crippen molar-refractivity contribution in [2.75, 3.05) is 41.2 Å². The van der Waals surface area contributed by atoms with Crippen LogP contribution in [0.2, 0.25) is 0 Å². The molecule has 3 atom stereocenters. The predicted octanol–water partition coefficient (Wildman–Crippen LogP) is 2.80. The summed E-state index contributed by atoms with van der Waals surface area (Å²) in [5.41, 5.74) is 5.18. The molecule has 3 amide bonds. The van der Waals surface area contributed by atoms with Crippen molar-refractivity contribution < 1.29 is 58.4 Å². The highest BCUT2D eigenvalue weighted by molar-refractivity contribution is 5.88. The Labute approximate surface area is 437 Å². The Balaban J connectivity index is 1.65. The number of ether oxygens (including phenoxy) is 6. The van der Waals surface area contributed by atoms with Crippen LogP contribution in [0.25, 0.3) is 0 Å². The van der Waals surface area contributed by atoms with Gasteiger partial charge in [0.1, 0.15) is 19.8 Å². The van der Waals surface area contributed by atoms with E-state index in [9.17, 15) is 44.4 Å². The quantitative estimate of drug-likeness (QED) is 0.0280. The first-order chi connectivity index (χ1) is 37.0. The molecule has 3 aromatic heterocycles. The molecule has 0 aliphatic rings. The third-order valence-electron chi connectivity index (χ3n) is 12.5. The van der Waals surface area contributed by atoms with Crippen molar-refractivity contribution in [3.63, 3.8) is 0 Å². The number of amides is 3. The van der Waals surface area contributed by atoms with Crippen LogP contribution >= 0.6 is 0 Å². The highest BCUT2D eigenvalue weighted by atomic mass is 16.5. The van der Waals surface area contributed by atoms with E-state index in [-0.39, 0.29) is 93.6 Å². The van der Waals surface area contributed by atoms with E-state index >= 15 is 0 Å². The minimum atomic E-state index is -1.96. The Hall–Kier alpha value is -7.96. The SMILES string of the molecule is COCCn1ccc(=O)c(OCc2ccccc2)c1CC(C(=O)NO)N(C(Cc1c(OCc2ccccc2)c(=O)ccn1CCOC)C(=O)NO)C(Cc1c(OCc2ccccc2)c(=O)ccn1CCOC)C(=O)NO. The summed E-state index contributed by atoms with van der Waals surface area (Å²) in [5.74, 6) is -4.51. The Morgan fingerprint density at radius 2 is 0.711 bits per heavy atom. The second-order valence-corrected chi connectivity index (χ2v) is 17.3. The number of carbonyl (C=O) groups is 3. The van der Waals surface area contributed by atoms with Crippen LogP contribution in [-0.2, 0) is 87.3 Å². The van der Waals surface area contributed by atoms with Gasteiger partial charge < -0.3 is 42.1 Å². The van der Waals surface area contributed by atoms with Gasteiger partial charge in [-0.25, -0.2) is 16.4 Å². The third kappa shape index (κ3) is 15.1. The molecular formula is C54H63N7O15. The molecule has 76 heavy (non-hydrogen) atoms. The van der Waals surface area contributed by atoms with Crippen LogP contribution in [0.1, 0.15) is 33.8 Å². The molecule has 3 heterocycles. The maximum absolute atomic E-state index is 14.8. The molecule has 6 rings (SSSR count). The molecule has 22 heteroatoms. The van der Waals surface area contributed by atoms with E-state index in [1.165, 1.54) is 58.1 Å². The minimum Gasteiger partial charge on any atom is -0.483 e. The minimum absolute atomic E-state index is 0.0255. The number of carbonyl (C=O) groups excluding carboxylic acids is 3. The fraction of sp³-hybridized carbons (Fsp3) is 0.333. The molecule has 0 fully saturated rings. The fourth-order valence-electron chi connectivity index (χ4n) is 8.69. The van der Waals surface area contributed by atoms with Crippen molar-refractivity contribution in [3.8, 4) is 17.2 Å². The highest BCUT2D eigenvalue weighted by Gasteiger charge is 2.45. The van der Waals surface area contributed by atoms with Gasteiger partial charge in [0.25, 0.3) is 17.7 Å². The van der Waals surface area contributed by atoms with Gasteiger partial charge in [0, 0.05) is 97.0 Å². The van der Waals surface area contributed by atoms with E-state index in [1.54, 1.807) is 121 Å². The van der Waals surface area contributed by atoms with Crippen molar-refractivity contribution in [1.29, 1.82) is 0 Å². The molecule has 3 aromatic carbocycles. The first-order valence-electron chi connectivity index (χ1n) is 24.2. The van der Waals surface area contributed by atoms with E-state index in [1.807, 2.05) is 0 Å². The summed E-state index contributed by atoms with van der Waals surface area (Å²) in [6, 6.07) is 24.6. The van der Waals surface area contributed by atoms with Gasteiger partial charge in [0.15, 0.2) is 17.2 Å². The topological polar surface area (TPSA) is 273 Å². The summed E-state index contributed by atoms with van der Waals surface area (Å²) >= 11 is 0. The summed E-state index contributed by atoms with van der Waals surface area (Å²) in [7, 11) is 4.36. The van der Waals surface area contributed by atoms with Crippen LogP contribution in [0.3, 0.4) is 0 Å². The predicted molar refractivity (Wildman–Crippen MR) is 274 cm³/mol. The van der Waals surface area contributed by atoms with Crippen LogP contribution in [0, 0.1) is 0 Å². The average Bonchev–Trinajstić information content (AvgIpc) is 3.45. The second-order valence-electron chi connectivity index (χ2n) is 17.3. The number of nitrogens with zero attached hydrogens (tertiary/aromatic N) is 4. The van der Waals surface area contributed by atoms with Crippen LogP contribution in [0.4, 0.5) is 0 Å². The molecule has 0 aliphatic heterocycles. The largest absolute Gasteiger partial charge is 0.483 e. The molecule has 6 N–H and O–H groups in total. The first kappa shape index (κ1) is 57.3. The van der Waals surface area contributed by atoms with Crippen LogP contribution < -0.4 is 46.9 Å². The Morgan fingerprint density at radius 1 is 0.447 bits per heavy atom. The Bertz CT molecular complexity index is 2690. The molecule has 0 radical (unpaired) electrons. The highest BCUT2D eigenvalue weighted by Crippen LogP contribution is 2.30. The van der Waals surface area contributed by atoms with Gasteiger partial charge in [-0.2, -0.15) is 0 Å². The van der Waals surface area contributed by atoms with Gasteiger partial charge >= 0.3 is 0 Å². The van der Waals surface area contributed by atoms with Gasteiger partial charge in [-0.3, -0.25) is 49.3 Å². The maximum Gasteiger partial charge on any atom is 0.261 e. The lowest BCUT2D eigenvalue weighted by Crippen LogP contribution is -2.64. The molecule has 3 unspecified atom stereocenters. The Kier molecular flexibility index (Phi) is 22.0. The first-order valence-corrected chi connectivity index (χ1v) is 24.2. The van der Waals surface area contributed by atoms with Crippen molar-refractivity contribution in [1.82, 2.24) is 35.0 Å². The average molecular weight is 1050 g/mol. The van der Waals surface area contributed by atoms with E-state index in [0.29, 0.717) is 16.7 Å². The number of benzene rings is 3. The van der Waals surface area contributed by atoms with Gasteiger partial charge in [0.05, 0.1) is 55.0 Å². The number of pyridine rings is 3. The smallest absolute Gasteiger partial charge is 0.261 e. The van der Waals surface area contributed by atoms with Crippen molar-refractivity contribution in [3.05, 3.63) is 192 Å². The Morgan fingerprint density at radius 3 is 0.947 bits per heavy atom. The van der Waals surface area contributed by atoms with Gasteiger partial charge in [0.2, 0.25) is 16.3 Å². The number of hydrogen-bond donors (Lipinski definition) is 6. The standard InChI is InChI=1S/C54H63N7O15/c1-71-28-25-58-22-19-46(62)49(74-34-37-13-7-4-8-14-37)40(58)31-43(52(65)55-68)61(44(53(66)56-69)32-41-50(75-35-38-15-9-5-10-16-38)47(63)20-23-59(41)26-29-72-2)45(54(67)57-70)33-42-51(76-36-39-17-11-6-12-18-39)48(64)21-24-60(42)27-30-73-3/h4-24,43-45,68-70H,25-36H2,1-3H3,(H,55,65)(H,56,66)(H,57,67). The van der Waals surface area contributed by atoms with E-state index in [4.69, 9.17) is 28.4 Å². The van der Waals surface area contributed by atoms with E-state index in [0.717, 1.165) is 4.90 Å². The summed E-state index contributed by atoms with van der Waals surface area (Å²) in [4.78, 5) is 87.6. The zero-order valence-electron chi connectivity index (χ0n) is 42.4. The zero-order valence-corrected chi connectivity index (χ0v) is 42.4. The number of hydroxylamine groups is 3. The number of aromatic nitrogens is 3. The van der Waals surface area contributed by atoms with Gasteiger partial charge in [-0.05, 0) is 16.7 Å². The summed E-state index contributed by atoms with van der Waals surface area (Å²) in [5, 5.41) is 32.2. The summed E-state index contributed by atoms with van der Waals surface area (Å²) in [6.45, 7) is 0.0713. The van der Waals surface area contributed by atoms with Gasteiger partial charge in [-0.1, -0.05) is 91.0 Å². The molecule has 6 aromatic rings. The fourth-order valence-corrected chi connectivity index (χ4v) is 8.69. The molecular weight excluding hydrogens is 987 g/mol. The van der Waals surface area contributed by atoms with Crippen LogP contribution in [0.15, 0.2) is 142 Å². The number of rotatable bonds is 30. The van der Waals surface area contributed by atoms with Crippen molar-refractivity contribution >= 4 is 17.7 Å². The number of nitrogens with one attached hydrogen (secondary N) is 3. The molecule has 22 nitrogen and oxygen atoms in total. The van der Waals surface area contributed by atoms with E-state index < -0.39 is 71.4 Å². The second kappa shape index (κ2) is 29.2. The molecule has 0 saturated heterocycles. The maximum atomic E-state index is 14.8. The zero-order chi connectivity index (χ0) is 54.4. The number of methoxy groups -OCH3 is 3. The molecule has 0 bridgehead atoms. The summed E-state index contributed by atoms with van der Waals surface area (Å²) in [6.07, 6.45) is 2.36. The third-order valence-corrected chi connectivity index (χ3v) is 12.5. The summed E-state index contributed by atoms with van der Waals surface area (Å²) < 4.78 is 39.7. The molecule has 0 aliphatic carbocycles. The monoisotopic (exact) mass is 1050 g/mol. The molecule has 404 valence electrons. The molecule has 0 spiro atoms. The normalized spacial score (nSPS) is 12.4. The van der Waals surface area contributed by atoms with Gasteiger partial charge in [-0.15, -0.1) is 0 Å². The molecule has 0 saturated carbocycles. The van der Waals surface area contributed by atoms with Crippen molar-refractivity contribution in [2.45, 2.75) is 76.8 Å². The lowest BCUT2D eigenvalue weighted by atomic mass is 9.95. The lowest BCUT2D eigenvalue weighted by molar-refractivity contribution is -0.149. The van der Waals surface area contributed by atoms with Crippen molar-refractivity contribution in [2.24, 2.45) is 0 Å². The number of hydrogen-bond acceptors (Lipinski definition) is 16. The van der Waals surface area contributed by atoms with Crippen LogP contribution in [-0.4, -0.2) is 111 Å². The lowest BCUT2D eigenvalue weighted by Gasteiger charge is -2.41.